The van der Waals surface area contributed by atoms with Gasteiger partial charge in [-0.1, -0.05) is 48.5 Å². The number of imide groups is 1. The number of hydrogen-bond acceptors (Lipinski definition) is 11. The summed E-state index contributed by atoms with van der Waals surface area (Å²) < 4.78 is 0. The van der Waals surface area contributed by atoms with Gasteiger partial charge in [-0.05, 0) is 43.4 Å². The Morgan fingerprint density at radius 2 is 1.37 bits per heavy atom. The number of fused-ring (bicyclic) bond motifs is 3. The maximum absolute atomic E-state index is 14.5. The molecule has 0 radical (unpaired) electrons. The van der Waals surface area contributed by atoms with Gasteiger partial charge in [-0.15, -0.1) is 0 Å². The number of aromatic amines is 2. The van der Waals surface area contributed by atoms with Crippen LogP contribution in [0, 0.1) is 0 Å². The number of carbonyl (C=O) groups excluding carboxylic acids is 9. The van der Waals surface area contributed by atoms with E-state index in [1.54, 1.807) is 42.6 Å². The standard InChI is InChI=1S/C44H55N15O9/c1-23-37(62)54-33(18-26-20-48-22-52-26)41(66)55-31(16-24-8-3-2-4-9-24)39(64)53-29(12-7-15-49-43(46)47)38(63)56-32(17-25-19-50-28-11-6-5-10-27(25)28)40(65)57-34(36(45)61)21-51-35(60)14-13-30-42(67)59(23)44(68)58-30/h2-6,8-11,19-20,22-23,29-34,50H,7,12-18,21H2,1H3,(H2,45,61)(H,48,52)(H,51,60)(H,53,64)(H,54,62)(H,55,66)(H,56,63)(H,57,65)(H,58,68)(H4,46,47,49)/t23-,29+,30+,31-,32+,33+,34?/m1/s1. The summed E-state index contributed by atoms with van der Waals surface area (Å²) in [5, 5.41) is 19.0. The van der Waals surface area contributed by atoms with Crippen LogP contribution in [0.1, 0.15) is 49.4 Å². The zero-order valence-corrected chi connectivity index (χ0v) is 37.1. The first kappa shape index (κ1) is 49.1. The number of imidazole rings is 1. The van der Waals surface area contributed by atoms with Gasteiger partial charge in [0.1, 0.15) is 42.3 Å². The maximum atomic E-state index is 14.5. The van der Waals surface area contributed by atoms with E-state index in [9.17, 15) is 43.2 Å². The summed E-state index contributed by atoms with van der Waals surface area (Å²) in [5.74, 6) is -6.99. The Labute approximate surface area is 389 Å². The first-order valence-corrected chi connectivity index (χ1v) is 21.9. The van der Waals surface area contributed by atoms with Crippen molar-refractivity contribution in [1.29, 1.82) is 0 Å². The molecule has 1 unspecified atom stereocenters. The van der Waals surface area contributed by atoms with Gasteiger partial charge >= 0.3 is 6.03 Å². The highest BCUT2D eigenvalue weighted by molar-refractivity contribution is 6.08. The molecule has 2 saturated heterocycles. The molecule has 10 amide bonds. The number of aliphatic imine (C=N–C) groups is 1. The van der Waals surface area contributed by atoms with Crippen molar-refractivity contribution < 1.29 is 43.2 Å². The lowest BCUT2D eigenvalue weighted by Crippen LogP contribution is -2.61. The molecule has 2 fully saturated rings. The number of H-pyrrole nitrogens is 2. The number of para-hydroxylation sites is 1. The lowest BCUT2D eigenvalue weighted by molar-refractivity contribution is -0.137. The van der Waals surface area contributed by atoms with E-state index in [2.05, 4.69) is 57.2 Å². The van der Waals surface area contributed by atoms with Crippen LogP contribution in [-0.4, -0.2) is 134 Å². The predicted octanol–water partition coefficient (Wildman–Crippen LogP) is -2.90. The van der Waals surface area contributed by atoms with Crippen LogP contribution in [0.15, 0.2) is 78.3 Å². The third kappa shape index (κ3) is 12.9. The van der Waals surface area contributed by atoms with Crippen molar-refractivity contribution in [2.24, 2.45) is 22.2 Å². The molecule has 0 spiro atoms. The highest BCUT2D eigenvalue weighted by Crippen LogP contribution is 2.20. The molecular formula is C44H55N15O9. The van der Waals surface area contributed by atoms with Gasteiger partial charge in [-0.25, -0.2) is 9.78 Å². The van der Waals surface area contributed by atoms with Crippen molar-refractivity contribution >= 4 is 70.2 Å². The van der Waals surface area contributed by atoms with Gasteiger partial charge < -0.3 is 64.4 Å². The van der Waals surface area contributed by atoms with Crippen molar-refractivity contribution in [1.82, 2.24) is 57.1 Å². The summed E-state index contributed by atoms with van der Waals surface area (Å²) in [5.41, 5.74) is 19.1. The molecule has 68 heavy (non-hydrogen) atoms. The Balaban J connectivity index is 1.37. The summed E-state index contributed by atoms with van der Waals surface area (Å²) in [6.07, 6.45) is 3.59. The van der Waals surface area contributed by atoms with E-state index in [1.807, 2.05) is 18.2 Å². The molecule has 0 saturated carbocycles. The molecule has 0 aliphatic carbocycles. The lowest BCUT2D eigenvalue weighted by atomic mass is 10.0. The van der Waals surface area contributed by atoms with Crippen LogP contribution < -0.4 is 54.4 Å². The lowest BCUT2D eigenvalue weighted by Gasteiger charge is -2.28. The zero-order chi connectivity index (χ0) is 48.9. The smallest absolute Gasteiger partial charge is 0.325 e. The van der Waals surface area contributed by atoms with Crippen molar-refractivity contribution in [2.45, 2.75) is 94.2 Å². The molecule has 24 nitrogen and oxygen atoms in total. The Hall–Kier alpha value is -8.31. The van der Waals surface area contributed by atoms with E-state index in [0.29, 0.717) is 21.7 Å². The number of primary amides is 1. The Kier molecular flexibility index (Phi) is 16.4. The summed E-state index contributed by atoms with van der Waals surface area (Å²) in [6.45, 7) is 0.847. The highest BCUT2D eigenvalue weighted by Gasteiger charge is 2.44. The van der Waals surface area contributed by atoms with Crippen LogP contribution in [0.2, 0.25) is 0 Å². The first-order chi connectivity index (χ1) is 32.6. The van der Waals surface area contributed by atoms with Crippen LogP contribution >= 0.6 is 0 Å². The molecule has 4 heterocycles. The molecule has 2 aliphatic heterocycles. The van der Waals surface area contributed by atoms with Gasteiger partial charge in [0.15, 0.2) is 5.96 Å². The van der Waals surface area contributed by atoms with Gasteiger partial charge in [0.05, 0.1) is 6.33 Å². The molecule has 2 bridgehead atoms. The van der Waals surface area contributed by atoms with Crippen LogP contribution in [0.25, 0.3) is 10.9 Å². The Morgan fingerprint density at radius 3 is 2.06 bits per heavy atom. The summed E-state index contributed by atoms with van der Waals surface area (Å²) in [7, 11) is 0. The Morgan fingerprint density at radius 1 is 0.735 bits per heavy atom. The van der Waals surface area contributed by atoms with Crippen molar-refractivity contribution in [3.05, 3.63) is 90.1 Å². The molecule has 2 aromatic heterocycles. The molecule has 4 aromatic rings. The third-order valence-electron chi connectivity index (χ3n) is 11.5. The van der Waals surface area contributed by atoms with E-state index in [-0.39, 0.29) is 57.5 Å². The van der Waals surface area contributed by atoms with Gasteiger partial charge in [-0.2, -0.15) is 0 Å². The second-order valence-electron chi connectivity index (χ2n) is 16.4. The highest BCUT2D eigenvalue weighted by atomic mass is 16.2. The van der Waals surface area contributed by atoms with Crippen molar-refractivity contribution in [3.63, 3.8) is 0 Å². The topological polar surface area (TPSA) is 376 Å². The van der Waals surface area contributed by atoms with E-state index in [1.165, 1.54) is 19.4 Å². The average molecular weight is 938 g/mol. The number of nitrogens with zero attached hydrogens (tertiary/aromatic N) is 3. The molecule has 2 aliphatic rings. The molecule has 15 N–H and O–H groups in total. The second kappa shape index (κ2) is 22.7. The zero-order valence-electron chi connectivity index (χ0n) is 37.1. The molecule has 7 atom stereocenters. The van der Waals surface area contributed by atoms with Gasteiger partial charge in [0.2, 0.25) is 41.4 Å². The summed E-state index contributed by atoms with van der Waals surface area (Å²) in [4.78, 5) is 139. The molecule has 6 rings (SSSR count). The fraction of sp³-hybridized carbons (Fsp3) is 0.386. The summed E-state index contributed by atoms with van der Waals surface area (Å²) in [6, 6.07) is 5.24. The van der Waals surface area contributed by atoms with Gasteiger partial charge in [-0.3, -0.25) is 48.2 Å². The monoisotopic (exact) mass is 937 g/mol. The van der Waals surface area contributed by atoms with Crippen LogP contribution in [0.3, 0.4) is 0 Å². The number of aromatic nitrogens is 3. The van der Waals surface area contributed by atoms with Crippen LogP contribution in [0.5, 0.6) is 0 Å². The quantitative estimate of drug-likeness (QED) is 0.0312. The minimum absolute atomic E-state index is 0.0518. The number of benzene rings is 2. The maximum Gasteiger partial charge on any atom is 0.325 e. The number of nitrogens with one attached hydrogen (secondary N) is 9. The minimum Gasteiger partial charge on any atom is -0.370 e. The van der Waals surface area contributed by atoms with Crippen molar-refractivity contribution in [2.75, 3.05) is 13.1 Å². The first-order valence-electron chi connectivity index (χ1n) is 21.9. The van der Waals surface area contributed by atoms with E-state index >= 15 is 0 Å². The number of guanidine groups is 1. The second-order valence-corrected chi connectivity index (χ2v) is 16.4. The minimum atomic E-state index is -1.49. The van der Waals surface area contributed by atoms with Gasteiger partial charge in [0, 0.05) is 67.8 Å². The van der Waals surface area contributed by atoms with E-state index in [0.717, 1.165) is 10.9 Å². The predicted molar refractivity (Wildman–Crippen MR) is 244 cm³/mol. The van der Waals surface area contributed by atoms with Gasteiger partial charge in [0.25, 0.3) is 5.91 Å². The van der Waals surface area contributed by atoms with E-state index in [4.69, 9.17) is 17.2 Å². The molecule has 2 aromatic carbocycles. The SMILES string of the molecule is C[C@@H]1C(=O)N[C@@H](Cc2cnc[nH]2)C(=O)N[C@H](Cc2ccccc2)C(=O)N[C@@H](CCCN=C(N)N)C(=O)N[C@@H](Cc2c[nH]c3ccccc23)C(=O)NC(C(N)=O)CNC(=O)CC[C@@H]2NC(=O)N1C2=O. The van der Waals surface area contributed by atoms with Crippen molar-refractivity contribution in [3.8, 4) is 0 Å². The third-order valence-corrected chi connectivity index (χ3v) is 11.5. The van der Waals surface area contributed by atoms with E-state index < -0.39 is 102 Å². The van der Waals surface area contributed by atoms with Crippen LogP contribution in [-0.2, 0) is 57.6 Å². The van der Waals surface area contributed by atoms with Crippen LogP contribution in [0.4, 0.5) is 4.79 Å². The summed E-state index contributed by atoms with van der Waals surface area (Å²) >= 11 is 0. The fourth-order valence-electron chi connectivity index (χ4n) is 7.80. The molecule has 360 valence electrons. The number of urea groups is 1. The average Bonchev–Trinajstić information content (AvgIpc) is 4.05. The number of nitrogens with two attached hydrogens (primary N) is 3. The Bertz CT molecular complexity index is 2530. The molecule has 24 heteroatoms. The molecular weight excluding hydrogens is 883 g/mol. The number of rotatable bonds is 11. The number of amides is 10. The largest absolute Gasteiger partial charge is 0.370 e. The number of carbonyl (C=O) groups is 9. The normalized spacial score (nSPS) is 23.8. The number of hydrogen-bond donors (Lipinski definition) is 12. The fourth-order valence-corrected chi connectivity index (χ4v) is 7.80.